The van der Waals surface area contributed by atoms with E-state index >= 15 is 0 Å². The molecular formula is C42H54BBrF6N12O6. The summed E-state index contributed by atoms with van der Waals surface area (Å²) in [6.45, 7) is 18.7. The number of rotatable bonds is 6. The lowest BCUT2D eigenvalue weighted by Gasteiger charge is -2.32. The maximum absolute atomic E-state index is 13.6. The highest BCUT2D eigenvalue weighted by Gasteiger charge is 2.53. The first-order chi connectivity index (χ1) is 32.2. The summed E-state index contributed by atoms with van der Waals surface area (Å²) in [6, 6.07) is 5.18. The van der Waals surface area contributed by atoms with Gasteiger partial charge >= 0.3 is 19.5 Å². The predicted molar refractivity (Wildman–Crippen MR) is 246 cm³/mol. The van der Waals surface area contributed by atoms with Gasteiger partial charge in [-0.1, -0.05) is 0 Å². The van der Waals surface area contributed by atoms with E-state index in [1.165, 1.54) is 0 Å². The van der Waals surface area contributed by atoms with Gasteiger partial charge in [0.2, 0.25) is 11.9 Å². The van der Waals surface area contributed by atoms with E-state index in [0.717, 1.165) is 62.1 Å². The number of anilines is 6. The molecule has 9 rings (SSSR count). The number of halogens is 7. The zero-order valence-corrected chi connectivity index (χ0v) is 39.7. The Hall–Kier alpha value is -4.86. The third-order valence-corrected chi connectivity index (χ3v) is 12.5. The number of nitrogens with zero attached hydrogens (tertiary/aromatic N) is 10. The smallest absolute Gasteiger partial charge is 0.398 e. The minimum absolute atomic E-state index is 0.107. The van der Waals surface area contributed by atoms with Crippen molar-refractivity contribution in [2.75, 3.05) is 136 Å². The van der Waals surface area contributed by atoms with E-state index in [1.807, 2.05) is 15.9 Å². The van der Waals surface area contributed by atoms with Gasteiger partial charge in [-0.05, 0) is 61.8 Å². The molecule has 4 N–H and O–H groups in total. The van der Waals surface area contributed by atoms with Gasteiger partial charge in [-0.15, -0.1) is 0 Å². The summed E-state index contributed by atoms with van der Waals surface area (Å²) < 4.78 is 111. The Balaban J connectivity index is 0.000000163. The van der Waals surface area contributed by atoms with Crippen molar-refractivity contribution >= 4 is 63.8 Å². The molecule has 4 aromatic heterocycles. The zero-order valence-electron chi connectivity index (χ0n) is 38.1. The molecule has 5 fully saturated rings. The maximum Gasteiger partial charge on any atom is 0.514 e. The van der Waals surface area contributed by atoms with Crippen LogP contribution >= 0.6 is 15.9 Å². The van der Waals surface area contributed by atoms with E-state index in [4.69, 9.17) is 49.7 Å². The van der Waals surface area contributed by atoms with Gasteiger partial charge in [0.1, 0.15) is 23.3 Å². The average molecular weight is 1030 g/mol. The van der Waals surface area contributed by atoms with E-state index in [2.05, 4.69) is 73.4 Å². The number of nitrogens with two attached hydrogens (primary N) is 2. The number of pyridine rings is 2. The van der Waals surface area contributed by atoms with Crippen LogP contribution in [-0.4, -0.2) is 153 Å². The van der Waals surface area contributed by atoms with E-state index in [9.17, 15) is 26.3 Å². The molecule has 18 nitrogen and oxygen atoms in total. The highest BCUT2D eigenvalue weighted by atomic mass is 79.9. The summed E-state index contributed by atoms with van der Waals surface area (Å²) in [5.74, 6) is 2.20. The molecule has 0 radical (unpaired) electrons. The molecule has 5 aliphatic rings. The van der Waals surface area contributed by atoms with Crippen molar-refractivity contribution < 1.29 is 54.6 Å². The highest BCUT2D eigenvalue weighted by molar-refractivity contribution is 9.10. The summed E-state index contributed by atoms with van der Waals surface area (Å²) >= 11 is 2.73. The monoisotopic (exact) mass is 1030 g/mol. The minimum Gasteiger partial charge on any atom is -0.398 e. The summed E-state index contributed by atoms with van der Waals surface area (Å²) in [5.41, 5.74) is 8.91. The molecule has 0 aromatic carbocycles. The second-order valence-corrected chi connectivity index (χ2v) is 17.9. The second-order valence-electron chi connectivity index (χ2n) is 17.1. The van der Waals surface area contributed by atoms with Crippen molar-refractivity contribution in [3.8, 4) is 11.3 Å². The lowest BCUT2D eigenvalue weighted by atomic mass is 9.84. The van der Waals surface area contributed by atoms with Crippen molar-refractivity contribution in [2.24, 2.45) is 0 Å². The van der Waals surface area contributed by atoms with Crippen molar-refractivity contribution in [3.05, 3.63) is 52.3 Å². The standard InChI is InChI=1S/C18H29BN4O4.C18H21F3N6O2.C6H4BrF3N2/c1-17(2)18(3,4)27-19(26-17)14-13-15(22-5-9-24-10-6-22)21-16(20-14)23-7-11-25-12-8-23;19-18(20,21)13-9-15(22)23-11-12(13)14-10-16(26-1-5-28-6-2-26)25-17(24-14)27-3-7-29-8-4-27;7-4-2-12-5(11)1-3(4)6(8,9)10/h13H,5-12H2,1-4H3;9-11H,1-8H2,(H2,22,23);1-2H,(H2,11,12). The zero-order chi connectivity index (χ0) is 48.9. The molecule has 9 heterocycles. The van der Waals surface area contributed by atoms with Gasteiger partial charge in [0.25, 0.3) is 0 Å². The molecule has 0 spiro atoms. The Morgan fingerprint density at radius 1 is 0.544 bits per heavy atom. The first kappa shape index (κ1) is 51.0. The highest BCUT2D eigenvalue weighted by Crippen LogP contribution is 2.39. The van der Waals surface area contributed by atoms with Gasteiger partial charge in [-0.25, -0.2) is 19.9 Å². The van der Waals surface area contributed by atoms with E-state index in [0.29, 0.717) is 96.7 Å². The summed E-state index contributed by atoms with van der Waals surface area (Å²) in [6.07, 6.45) is -6.84. The number of nitrogen functional groups attached to an aromatic ring is 2. The average Bonchev–Trinajstić information content (AvgIpc) is 3.55. The third-order valence-electron chi connectivity index (χ3n) is 11.9. The summed E-state index contributed by atoms with van der Waals surface area (Å²) in [5, 5.41) is 0. The van der Waals surface area contributed by atoms with Crippen molar-refractivity contribution in [2.45, 2.75) is 51.2 Å². The van der Waals surface area contributed by atoms with Crippen LogP contribution in [0.3, 0.4) is 0 Å². The molecule has 68 heavy (non-hydrogen) atoms. The number of morpholine rings is 4. The normalized spacial score (nSPS) is 19.8. The molecule has 0 aliphatic carbocycles. The fourth-order valence-electron chi connectivity index (χ4n) is 7.38. The topological polar surface area (TPSA) is 198 Å². The Labute approximate surface area is 398 Å². The second kappa shape index (κ2) is 21.4. The van der Waals surface area contributed by atoms with Crippen LogP contribution in [-0.2, 0) is 40.6 Å². The molecule has 0 bridgehead atoms. The van der Waals surface area contributed by atoms with Crippen molar-refractivity contribution in [1.29, 1.82) is 0 Å². The van der Waals surface area contributed by atoms with E-state index < -0.39 is 41.8 Å². The Bertz CT molecular complexity index is 2250. The number of ether oxygens (including phenoxy) is 4. The fourth-order valence-corrected chi connectivity index (χ4v) is 7.83. The SMILES string of the molecule is CC1(C)OB(c2cc(N3CCOCC3)nc(N3CCOCC3)n2)OC1(C)C.Nc1cc(C(F)(F)F)c(-c2cc(N3CCOCC3)nc(N3CCOCC3)n2)cn1.Nc1cc(C(F)(F)F)c(Br)cn1. The van der Waals surface area contributed by atoms with Crippen LogP contribution in [0.25, 0.3) is 11.3 Å². The number of hydrogen-bond donors (Lipinski definition) is 2. The number of hydrogen-bond acceptors (Lipinski definition) is 18. The predicted octanol–water partition coefficient (Wildman–Crippen LogP) is 4.71. The van der Waals surface area contributed by atoms with Gasteiger partial charge in [0.05, 0.1) is 86.5 Å². The third kappa shape index (κ3) is 12.7. The molecule has 0 amide bonds. The van der Waals surface area contributed by atoms with Gasteiger partial charge < -0.3 is 59.3 Å². The minimum atomic E-state index is -4.59. The molecule has 5 aliphatic heterocycles. The Kier molecular flexibility index (Phi) is 16.1. The van der Waals surface area contributed by atoms with E-state index in [1.54, 1.807) is 6.07 Å². The molecule has 5 saturated heterocycles. The van der Waals surface area contributed by atoms with Gasteiger partial charge in [0.15, 0.2) is 0 Å². The molecule has 0 unspecified atom stereocenters. The van der Waals surface area contributed by atoms with Gasteiger partial charge in [-0.3, -0.25) is 0 Å². The number of alkyl halides is 6. The summed E-state index contributed by atoms with van der Waals surface area (Å²) in [4.78, 5) is 34.4. The van der Waals surface area contributed by atoms with Crippen LogP contribution in [0.4, 0.5) is 61.5 Å². The molecule has 26 heteroatoms. The number of aromatic nitrogens is 6. The van der Waals surface area contributed by atoms with Crippen molar-refractivity contribution in [3.63, 3.8) is 0 Å². The van der Waals surface area contributed by atoms with Gasteiger partial charge in [-0.2, -0.15) is 36.3 Å². The molecule has 370 valence electrons. The molecule has 0 atom stereocenters. The van der Waals surface area contributed by atoms with Crippen LogP contribution in [0.1, 0.15) is 38.8 Å². The van der Waals surface area contributed by atoms with Crippen LogP contribution in [0, 0.1) is 0 Å². The molecule has 0 saturated carbocycles. The lowest BCUT2D eigenvalue weighted by molar-refractivity contribution is -0.138. The van der Waals surface area contributed by atoms with E-state index in [-0.39, 0.29) is 27.4 Å². The maximum atomic E-state index is 13.6. The van der Waals surface area contributed by atoms with Crippen LogP contribution < -0.4 is 36.7 Å². The van der Waals surface area contributed by atoms with Crippen LogP contribution in [0.15, 0.2) is 41.1 Å². The van der Waals surface area contributed by atoms with Gasteiger partial charge in [0, 0.05) is 80.9 Å². The first-order valence-electron chi connectivity index (χ1n) is 21.9. The molecular weight excluding hydrogens is 973 g/mol. The fraction of sp³-hybridized carbons (Fsp3) is 0.571. The Morgan fingerprint density at radius 3 is 1.38 bits per heavy atom. The largest absolute Gasteiger partial charge is 0.514 e. The summed E-state index contributed by atoms with van der Waals surface area (Å²) in [7, 11) is -0.502. The van der Waals surface area contributed by atoms with Crippen molar-refractivity contribution in [1.82, 2.24) is 29.9 Å². The quantitative estimate of drug-likeness (QED) is 0.199. The Morgan fingerprint density at radius 2 is 0.941 bits per heavy atom. The first-order valence-corrected chi connectivity index (χ1v) is 22.7. The molecule has 4 aromatic rings. The van der Waals surface area contributed by atoms with Crippen LogP contribution in [0.5, 0.6) is 0 Å². The lowest BCUT2D eigenvalue weighted by Crippen LogP contribution is -2.43. The van der Waals surface area contributed by atoms with Crippen LogP contribution in [0.2, 0.25) is 0 Å².